The summed E-state index contributed by atoms with van der Waals surface area (Å²) >= 11 is 1.43. The van der Waals surface area contributed by atoms with Crippen LogP contribution in [0.25, 0.3) is 11.4 Å². The number of ether oxygens (including phenoxy) is 1. The standard InChI is InChI=1S/C18H23N5O2S/c1-25-10-12-6-8-23(9-12)16-4-2-3-13(20-16)15-11-26-18(21-15)22-17(24)14-5-7-19-14/h2-4,11-12,14,19H,5-10H2,1H3,(H,21,22,24)/t12-,14+/m1/s1. The number of hydrogen-bond donors (Lipinski definition) is 2. The Balaban J connectivity index is 1.44. The number of hydrogen-bond acceptors (Lipinski definition) is 7. The van der Waals surface area contributed by atoms with Crippen molar-refractivity contribution in [1.29, 1.82) is 0 Å². The molecule has 0 aliphatic carbocycles. The van der Waals surface area contributed by atoms with Gasteiger partial charge < -0.3 is 20.3 Å². The molecule has 1 amide bonds. The first-order valence-corrected chi connectivity index (χ1v) is 9.82. The highest BCUT2D eigenvalue weighted by Gasteiger charge is 2.25. The highest BCUT2D eigenvalue weighted by molar-refractivity contribution is 7.14. The molecule has 4 heterocycles. The van der Waals surface area contributed by atoms with Crippen molar-refractivity contribution in [2.24, 2.45) is 5.92 Å². The lowest BCUT2D eigenvalue weighted by Gasteiger charge is -2.25. The largest absolute Gasteiger partial charge is 0.384 e. The minimum Gasteiger partial charge on any atom is -0.384 e. The lowest BCUT2D eigenvalue weighted by atomic mass is 10.1. The average Bonchev–Trinajstić information content (AvgIpc) is 3.23. The molecule has 2 aliphatic rings. The second-order valence-electron chi connectivity index (χ2n) is 6.76. The number of pyridine rings is 1. The molecule has 26 heavy (non-hydrogen) atoms. The number of amides is 1. The predicted molar refractivity (Wildman–Crippen MR) is 103 cm³/mol. The molecule has 2 saturated heterocycles. The van der Waals surface area contributed by atoms with E-state index in [4.69, 9.17) is 9.72 Å². The topological polar surface area (TPSA) is 79.4 Å². The van der Waals surface area contributed by atoms with Crippen LogP contribution < -0.4 is 15.5 Å². The van der Waals surface area contributed by atoms with Crippen LogP contribution in [-0.4, -0.2) is 55.3 Å². The zero-order valence-corrected chi connectivity index (χ0v) is 15.6. The Hall–Kier alpha value is -2.03. The molecule has 2 aromatic rings. The van der Waals surface area contributed by atoms with Gasteiger partial charge in [0.05, 0.1) is 18.3 Å². The first-order valence-electron chi connectivity index (χ1n) is 8.94. The van der Waals surface area contributed by atoms with E-state index >= 15 is 0 Å². The molecule has 2 N–H and O–H groups in total. The quantitative estimate of drug-likeness (QED) is 0.806. The number of methoxy groups -OCH3 is 1. The summed E-state index contributed by atoms with van der Waals surface area (Å²) < 4.78 is 5.27. The Labute approximate surface area is 156 Å². The van der Waals surface area contributed by atoms with Crippen molar-refractivity contribution < 1.29 is 9.53 Å². The monoisotopic (exact) mass is 373 g/mol. The molecule has 4 rings (SSSR count). The molecule has 0 radical (unpaired) electrons. The van der Waals surface area contributed by atoms with Crippen molar-refractivity contribution in [2.45, 2.75) is 18.9 Å². The van der Waals surface area contributed by atoms with Crippen molar-refractivity contribution in [3.63, 3.8) is 0 Å². The van der Waals surface area contributed by atoms with Gasteiger partial charge >= 0.3 is 0 Å². The first kappa shape index (κ1) is 17.4. The van der Waals surface area contributed by atoms with E-state index in [1.807, 2.05) is 23.6 Å². The Morgan fingerprint density at radius 2 is 2.27 bits per heavy atom. The van der Waals surface area contributed by atoms with Crippen molar-refractivity contribution in [2.75, 3.05) is 43.6 Å². The number of nitrogens with zero attached hydrogens (tertiary/aromatic N) is 3. The predicted octanol–water partition coefficient (Wildman–Crippen LogP) is 1.98. The molecule has 138 valence electrons. The molecule has 0 bridgehead atoms. The van der Waals surface area contributed by atoms with E-state index in [1.165, 1.54) is 11.3 Å². The van der Waals surface area contributed by atoms with E-state index in [0.717, 1.165) is 56.3 Å². The smallest absolute Gasteiger partial charge is 0.243 e. The molecule has 8 heteroatoms. The van der Waals surface area contributed by atoms with Gasteiger partial charge in [-0.05, 0) is 31.5 Å². The van der Waals surface area contributed by atoms with Gasteiger partial charge in [0.1, 0.15) is 11.5 Å². The molecular formula is C18H23N5O2S. The van der Waals surface area contributed by atoms with Gasteiger partial charge in [-0.2, -0.15) is 0 Å². The molecule has 0 aromatic carbocycles. The van der Waals surface area contributed by atoms with Crippen LogP contribution in [0.5, 0.6) is 0 Å². The SMILES string of the molecule is COC[C@@H]1CCN(c2cccc(-c3csc(NC(=O)[C@@H]4CCN4)n3)n2)C1. The van der Waals surface area contributed by atoms with Gasteiger partial charge in [-0.1, -0.05) is 6.07 Å². The van der Waals surface area contributed by atoms with Crippen LogP contribution in [0.3, 0.4) is 0 Å². The van der Waals surface area contributed by atoms with E-state index < -0.39 is 0 Å². The fourth-order valence-electron chi connectivity index (χ4n) is 3.31. The highest BCUT2D eigenvalue weighted by atomic mass is 32.1. The maximum atomic E-state index is 12.0. The van der Waals surface area contributed by atoms with Crippen LogP contribution in [0.4, 0.5) is 10.9 Å². The third kappa shape index (κ3) is 3.72. The second-order valence-corrected chi connectivity index (χ2v) is 7.62. The van der Waals surface area contributed by atoms with Crippen LogP contribution in [0, 0.1) is 5.92 Å². The number of carbonyl (C=O) groups excluding carboxylic acids is 1. The Morgan fingerprint density at radius 1 is 1.38 bits per heavy atom. The van der Waals surface area contributed by atoms with Gasteiger partial charge in [0.15, 0.2) is 5.13 Å². The number of carbonyl (C=O) groups is 1. The fourth-order valence-corrected chi connectivity index (χ4v) is 4.02. The van der Waals surface area contributed by atoms with Crippen LogP contribution >= 0.6 is 11.3 Å². The summed E-state index contributed by atoms with van der Waals surface area (Å²) in [7, 11) is 1.75. The number of aromatic nitrogens is 2. The summed E-state index contributed by atoms with van der Waals surface area (Å²) in [6.07, 6.45) is 2.01. The third-order valence-corrected chi connectivity index (χ3v) is 5.64. The average molecular weight is 373 g/mol. The van der Waals surface area contributed by atoms with Gasteiger partial charge in [-0.15, -0.1) is 11.3 Å². The maximum Gasteiger partial charge on any atom is 0.243 e. The summed E-state index contributed by atoms with van der Waals surface area (Å²) in [4.78, 5) is 23.6. The van der Waals surface area contributed by atoms with Crippen molar-refractivity contribution in [1.82, 2.24) is 15.3 Å². The molecule has 2 aliphatic heterocycles. The van der Waals surface area contributed by atoms with Crippen molar-refractivity contribution in [3.05, 3.63) is 23.6 Å². The summed E-state index contributed by atoms with van der Waals surface area (Å²) in [5.74, 6) is 1.52. The number of thiazole rings is 1. The minimum absolute atomic E-state index is 0.0138. The van der Waals surface area contributed by atoms with Gasteiger partial charge in [0, 0.05) is 31.5 Å². The van der Waals surface area contributed by atoms with Gasteiger partial charge in [-0.3, -0.25) is 4.79 Å². The van der Waals surface area contributed by atoms with E-state index in [1.54, 1.807) is 7.11 Å². The second kappa shape index (κ2) is 7.69. The van der Waals surface area contributed by atoms with Crippen molar-refractivity contribution in [3.8, 4) is 11.4 Å². The highest BCUT2D eigenvalue weighted by Crippen LogP contribution is 2.27. The van der Waals surface area contributed by atoms with Crippen LogP contribution in [0.1, 0.15) is 12.8 Å². The molecule has 0 spiro atoms. The lowest BCUT2D eigenvalue weighted by Crippen LogP contribution is -2.50. The van der Waals surface area contributed by atoms with Crippen LogP contribution in [-0.2, 0) is 9.53 Å². The lowest BCUT2D eigenvalue weighted by molar-refractivity contribution is -0.119. The number of anilines is 2. The summed E-state index contributed by atoms with van der Waals surface area (Å²) in [6.45, 7) is 3.66. The van der Waals surface area contributed by atoms with E-state index in [0.29, 0.717) is 11.0 Å². The minimum atomic E-state index is -0.0842. The van der Waals surface area contributed by atoms with Gasteiger partial charge in [-0.25, -0.2) is 9.97 Å². The Kier molecular flexibility index (Phi) is 5.14. The van der Waals surface area contributed by atoms with Crippen LogP contribution in [0.2, 0.25) is 0 Å². The molecule has 2 fully saturated rings. The molecule has 7 nitrogen and oxygen atoms in total. The Bertz CT molecular complexity index is 776. The summed E-state index contributed by atoms with van der Waals surface area (Å²) in [5.41, 5.74) is 1.62. The third-order valence-electron chi connectivity index (χ3n) is 4.88. The summed E-state index contributed by atoms with van der Waals surface area (Å²) in [6, 6.07) is 5.92. The maximum absolute atomic E-state index is 12.0. The van der Waals surface area contributed by atoms with Crippen molar-refractivity contribution >= 4 is 28.2 Å². The number of rotatable bonds is 6. The molecule has 2 aromatic heterocycles. The van der Waals surface area contributed by atoms with Gasteiger partial charge in [0.2, 0.25) is 5.91 Å². The number of nitrogens with one attached hydrogen (secondary N) is 2. The molecule has 0 saturated carbocycles. The zero-order valence-electron chi connectivity index (χ0n) is 14.8. The normalized spacial score (nSPS) is 22.3. The molecule has 2 atom stereocenters. The first-order chi connectivity index (χ1) is 12.7. The summed E-state index contributed by atoms with van der Waals surface area (Å²) in [5, 5.41) is 8.53. The van der Waals surface area contributed by atoms with E-state index in [9.17, 15) is 4.79 Å². The zero-order chi connectivity index (χ0) is 17.9. The van der Waals surface area contributed by atoms with E-state index in [2.05, 4.69) is 20.5 Å². The Morgan fingerprint density at radius 3 is 3.04 bits per heavy atom. The van der Waals surface area contributed by atoms with E-state index in [-0.39, 0.29) is 11.9 Å². The van der Waals surface area contributed by atoms with Crippen LogP contribution in [0.15, 0.2) is 23.6 Å². The fraction of sp³-hybridized carbons (Fsp3) is 0.500. The molecule has 0 unspecified atom stereocenters. The van der Waals surface area contributed by atoms with Gasteiger partial charge in [0.25, 0.3) is 0 Å². The molecular weight excluding hydrogens is 350 g/mol.